The van der Waals surface area contributed by atoms with E-state index in [1.54, 1.807) is 0 Å². The lowest BCUT2D eigenvalue weighted by atomic mass is 10.2. The van der Waals surface area contributed by atoms with Crippen molar-refractivity contribution in [2.75, 3.05) is 6.79 Å². The molecule has 0 unspecified atom stereocenters. The van der Waals surface area contributed by atoms with Crippen LogP contribution in [0.25, 0.3) is 22.1 Å². The SMILES string of the molecule is O=c1c2oc3ccccc3c2[nH]c(=S)n1Cc1ccc2c(c1)OCO2. The molecule has 4 aromatic rings. The fourth-order valence-electron chi connectivity index (χ4n) is 3.07. The molecule has 6 nitrogen and oxygen atoms in total. The van der Waals surface area contributed by atoms with E-state index < -0.39 is 0 Å². The number of furan rings is 1. The third-order valence-electron chi connectivity index (χ3n) is 4.29. The first kappa shape index (κ1) is 14.3. The Balaban J connectivity index is 1.67. The Hall–Kier alpha value is -3.06. The largest absolute Gasteiger partial charge is 0.454 e. The summed E-state index contributed by atoms with van der Waals surface area (Å²) in [5.74, 6) is 1.37. The molecule has 2 aromatic heterocycles. The zero-order valence-electron chi connectivity index (χ0n) is 12.9. The number of nitrogens with zero attached hydrogens (tertiary/aromatic N) is 1. The summed E-state index contributed by atoms with van der Waals surface area (Å²) in [5.41, 5.74) is 2.19. The molecule has 1 aliphatic heterocycles. The molecule has 0 spiro atoms. The van der Waals surface area contributed by atoms with Crippen LogP contribution in [0.5, 0.6) is 11.5 Å². The first-order chi connectivity index (χ1) is 12.2. The zero-order valence-corrected chi connectivity index (χ0v) is 13.8. The van der Waals surface area contributed by atoms with Gasteiger partial charge in [-0.1, -0.05) is 18.2 Å². The number of H-pyrrole nitrogens is 1. The highest BCUT2D eigenvalue weighted by Gasteiger charge is 2.16. The van der Waals surface area contributed by atoms with Crippen molar-refractivity contribution in [3.8, 4) is 11.5 Å². The van der Waals surface area contributed by atoms with Crippen LogP contribution in [0, 0.1) is 4.77 Å². The highest BCUT2D eigenvalue weighted by molar-refractivity contribution is 7.71. The number of aromatic nitrogens is 2. The van der Waals surface area contributed by atoms with Crippen molar-refractivity contribution >= 4 is 34.3 Å². The number of benzene rings is 2. The van der Waals surface area contributed by atoms with Crippen LogP contribution < -0.4 is 15.0 Å². The number of aromatic amines is 1. The predicted octanol–water partition coefficient (Wildman–Crippen LogP) is 3.58. The summed E-state index contributed by atoms with van der Waals surface area (Å²) >= 11 is 5.40. The Morgan fingerprint density at radius 3 is 2.88 bits per heavy atom. The normalized spacial score (nSPS) is 13.0. The van der Waals surface area contributed by atoms with Crippen LogP contribution in [0.4, 0.5) is 0 Å². The molecular weight excluding hydrogens is 340 g/mol. The molecule has 25 heavy (non-hydrogen) atoms. The summed E-state index contributed by atoms with van der Waals surface area (Å²) < 4.78 is 18.3. The van der Waals surface area contributed by atoms with Crippen LogP contribution >= 0.6 is 12.2 Å². The second kappa shape index (κ2) is 5.22. The fourth-order valence-corrected chi connectivity index (χ4v) is 3.32. The minimum Gasteiger partial charge on any atom is -0.454 e. The maximum Gasteiger partial charge on any atom is 0.298 e. The van der Waals surface area contributed by atoms with Gasteiger partial charge in [0, 0.05) is 5.39 Å². The fraction of sp³-hybridized carbons (Fsp3) is 0.111. The number of rotatable bonds is 2. The molecule has 2 aromatic carbocycles. The van der Waals surface area contributed by atoms with Gasteiger partial charge in [-0.05, 0) is 42.0 Å². The number of nitrogens with one attached hydrogen (secondary N) is 1. The second-order valence-corrected chi connectivity index (χ2v) is 6.20. The van der Waals surface area contributed by atoms with Crippen LogP contribution in [0.1, 0.15) is 5.56 Å². The van der Waals surface area contributed by atoms with Gasteiger partial charge in [-0.15, -0.1) is 0 Å². The third kappa shape index (κ3) is 2.16. The minimum absolute atomic E-state index is 0.212. The highest BCUT2D eigenvalue weighted by Crippen LogP contribution is 2.32. The summed E-state index contributed by atoms with van der Waals surface area (Å²) in [4.78, 5) is 16.0. The van der Waals surface area contributed by atoms with Crippen LogP contribution in [-0.2, 0) is 6.54 Å². The molecule has 7 heteroatoms. The average Bonchev–Trinajstić information content (AvgIpc) is 3.23. The van der Waals surface area contributed by atoms with Crippen molar-refractivity contribution in [2.24, 2.45) is 0 Å². The predicted molar refractivity (Wildman–Crippen MR) is 94.8 cm³/mol. The number of para-hydroxylation sites is 1. The number of hydrogen-bond donors (Lipinski definition) is 1. The molecule has 0 bridgehead atoms. The van der Waals surface area contributed by atoms with E-state index in [4.69, 9.17) is 26.1 Å². The van der Waals surface area contributed by atoms with E-state index in [1.807, 2.05) is 42.5 Å². The lowest BCUT2D eigenvalue weighted by Gasteiger charge is -2.07. The van der Waals surface area contributed by atoms with Gasteiger partial charge >= 0.3 is 0 Å². The third-order valence-corrected chi connectivity index (χ3v) is 4.61. The van der Waals surface area contributed by atoms with Crippen LogP contribution in [-0.4, -0.2) is 16.3 Å². The Labute approximate surface area is 146 Å². The lowest BCUT2D eigenvalue weighted by Crippen LogP contribution is -2.22. The lowest BCUT2D eigenvalue weighted by molar-refractivity contribution is 0.174. The van der Waals surface area contributed by atoms with E-state index in [0.29, 0.717) is 33.9 Å². The van der Waals surface area contributed by atoms with Crippen molar-refractivity contribution in [2.45, 2.75) is 6.54 Å². The first-order valence-electron chi connectivity index (χ1n) is 7.73. The maximum absolute atomic E-state index is 12.9. The van der Waals surface area contributed by atoms with Crippen molar-refractivity contribution in [3.63, 3.8) is 0 Å². The van der Waals surface area contributed by atoms with Crippen molar-refractivity contribution in [1.29, 1.82) is 0 Å². The van der Waals surface area contributed by atoms with E-state index in [1.165, 1.54) is 4.57 Å². The quantitative estimate of drug-likeness (QED) is 0.559. The van der Waals surface area contributed by atoms with Gasteiger partial charge in [-0.25, -0.2) is 0 Å². The van der Waals surface area contributed by atoms with Gasteiger partial charge in [0.25, 0.3) is 5.56 Å². The summed E-state index contributed by atoms with van der Waals surface area (Å²) in [6, 6.07) is 13.1. The van der Waals surface area contributed by atoms with Gasteiger partial charge < -0.3 is 18.9 Å². The molecular formula is C18H12N2O4S. The molecule has 1 N–H and O–H groups in total. The number of ether oxygens (including phenoxy) is 2. The zero-order chi connectivity index (χ0) is 17.0. The van der Waals surface area contributed by atoms with Gasteiger partial charge in [0.2, 0.25) is 12.4 Å². The Kier molecular flexibility index (Phi) is 2.98. The smallest absolute Gasteiger partial charge is 0.298 e. The molecule has 5 rings (SSSR count). The van der Waals surface area contributed by atoms with E-state index in [0.717, 1.165) is 10.9 Å². The number of hydrogen-bond acceptors (Lipinski definition) is 5. The van der Waals surface area contributed by atoms with Crippen LogP contribution in [0.2, 0.25) is 0 Å². The topological polar surface area (TPSA) is 69.4 Å². The van der Waals surface area contributed by atoms with Crippen molar-refractivity contribution in [1.82, 2.24) is 9.55 Å². The summed E-state index contributed by atoms with van der Waals surface area (Å²) in [6.07, 6.45) is 0. The molecule has 0 saturated carbocycles. The Bertz CT molecular complexity index is 1250. The van der Waals surface area contributed by atoms with Crippen LogP contribution in [0.3, 0.4) is 0 Å². The molecule has 1 aliphatic rings. The molecule has 0 aliphatic carbocycles. The first-order valence-corrected chi connectivity index (χ1v) is 8.14. The van der Waals surface area contributed by atoms with Crippen LogP contribution in [0.15, 0.2) is 51.7 Å². The van der Waals surface area contributed by atoms with Gasteiger partial charge in [0.1, 0.15) is 11.1 Å². The summed E-state index contributed by atoms with van der Waals surface area (Å²) in [6.45, 7) is 0.529. The van der Waals surface area contributed by atoms with Gasteiger partial charge in [-0.3, -0.25) is 9.36 Å². The van der Waals surface area contributed by atoms with Gasteiger partial charge in [0.15, 0.2) is 16.3 Å². The molecule has 124 valence electrons. The van der Waals surface area contributed by atoms with E-state index in [9.17, 15) is 4.79 Å². The Morgan fingerprint density at radius 1 is 1.12 bits per heavy atom. The molecule has 0 fully saturated rings. The Morgan fingerprint density at radius 2 is 1.96 bits per heavy atom. The maximum atomic E-state index is 12.9. The van der Waals surface area contributed by atoms with Gasteiger partial charge in [0.05, 0.1) is 6.54 Å². The molecule has 0 atom stereocenters. The van der Waals surface area contributed by atoms with E-state index >= 15 is 0 Å². The standard InChI is InChI=1S/C18H12N2O4S/c21-17-16-15(11-3-1-2-4-12(11)24-16)19-18(25)20(17)8-10-5-6-13-14(7-10)23-9-22-13/h1-7H,8-9H2,(H,19,25). The molecule has 0 saturated heterocycles. The van der Waals surface area contributed by atoms with Crippen molar-refractivity contribution < 1.29 is 13.9 Å². The minimum atomic E-state index is -0.257. The van der Waals surface area contributed by atoms with E-state index in [2.05, 4.69) is 4.98 Å². The second-order valence-electron chi connectivity index (χ2n) is 5.81. The van der Waals surface area contributed by atoms with E-state index in [-0.39, 0.29) is 17.9 Å². The molecule has 3 heterocycles. The highest BCUT2D eigenvalue weighted by atomic mass is 32.1. The average molecular weight is 352 g/mol. The van der Waals surface area contributed by atoms with Gasteiger partial charge in [-0.2, -0.15) is 0 Å². The number of fused-ring (bicyclic) bond motifs is 4. The summed E-state index contributed by atoms with van der Waals surface area (Å²) in [5, 5.41) is 0.843. The molecule has 0 radical (unpaired) electrons. The molecule has 0 amide bonds. The summed E-state index contributed by atoms with van der Waals surface area (Å²) in [7, 11) is 0. The monoisotopic (exact) mass is 352 g/mol. The van der Waals surface area contributed by atoms with Crippen molar-refractivity contribution in [3.05, 3.63) is 63.2 Å².